The Balaban J connectivity index is 1.69. The van der Waals surface area contributed by atoms with Gasteiger partial charge in [-0.3, -0.25) is 0 Å². The number of thiazole rings is 2. The van der Waals surface area contributed by atoms with Gasteiger partial charge in [0.15, 0.2) is 22.4 Å². The Morgan fingerprint density at radius 1 is 0.935 bits per heavy atom. The minimum Gasteiger partial charge on any atom is -0.493 e. The SMILES string of the molecule is COc1cc(Nc2nc(N)sc2-c2nc(-c3cccc(N)c3)cs2)cc(OC)c1OC. The molecule has 0 saturated carbocycles. The Kier molecular flexibility index (Phi) is 5.83. The van der Waals surface area contributed by atoms with Crippen LogP contribution in [0.2, 0.25) is 0 Å². The summed E-state index contributed by atoms with van der Waals surface area (Å²) >= 11 is 2.88. The predicted octanol–water partition coefficient (Wildman–Crippen LogP) is 4.87. The third-order valence-corrected chi connectivity index (χ3v) is 6.33. The molecule has 0 aliphatic carbocycles. The van der Waals surface area contributed by atoms with Crippen molar-refractivity contribution in [2.45, 2.75) is 0 Å². The fourth-order valence-corrected chi connectivity index (χ4v) is 4.77. The van der Waals surface area contributed by atoms with Gasteiger partial charge in [-0.25, -0.2) is 9.97 Å². The quantitative estimate of drug-likeness (QED) is 0.338. The number of hydrogen-bond donors (Lipinski definition) is 3. The largest absolute Gasteiger partial charge is 0.493 e. The molecule has 0 bridgehead atoms. The van der Waals surface area contributed by atoms with E-state index in [9.17, 15) is 0 Å². The van der Waals surface area contributed by atoms with Crippen LogP contribution in [0.15, 0.2) is 41.8 Å². The van der Waals surface area contributed by atoms with Gasteiger partial charge in [-0.2, -0.15) is 0 Å². The molecule has 4 rings (SSSR count). The molecule has 0 aliphatic heterocycles. The number of hydrogen-bond acceptors (Lipinski definition) is 10. The smallest absolute Gasteiger partial charge is 0.203 e. The van der Waals surface area contributed by atoms with Crippen molar-refractivity contribution < 1.29 is 14.2 Å². The van der Waals surface area contributed by atoms with E-state index in [0.717, 1.165) is 21.1 Å². The van der Waals surface area contributed by atoms with Crippen LogP contribution < -0.4 is 31.0 Å². The van der Waals surface area contributed by atoms with Gasteiger partial charge in [-0.1, -0.05) is 23.5 Å². The van der Waals surface area contributed by atoms with E-state index in [1.807, 2.05) is 29.6 Å². The van der Waals surface area contributed by atoms with Crippen LogP contribution in [0.5, 0.6) is 17.2 Å². The van der Waals surface area contributed by atoms with Crippen LogP contribution in [0.4, 0.5) is 22.3 Å². The number of benzene rings is 2. The van der Waals surface area contributed by atoms with E-state index in [0.29, 0.717) is 39.6 Å². The zero-order valence-corrected chi connectivity index (χ0v) is 18.8. The highest BCUT2D eigenvalue weighted by atomic mass is 32.1. The number of anilines is 4. The third kappa shape index (κ3) is 4.21. The molecule has 0 fully saturated rings. The molecule has 8 nitrogen and oxygen atoms in total. The lowest BCUT2D eigenvalue weighted by Gasteiger charge is -2.14. The molecule has 2 aromatic heterocycles. The summed E-state index contributed by atoms with van der Waals surface area (Å²) in [6.07, 6.45) is 0. The summed E-state index contributed by atoms with van der Waals surface area (Å²) in [4.78, 5) is 10.1. The first kappa shape index (κ1) is 20.8. The van der Waals surface area contributed by atoms with Crippen molar-refractivity contribution in [1.82, 2.24) is 9.97 Å². The van der Waals surface area contributed by atoms with Crippen molar-refractivity contribution in [2.24, 2.45) is 0 Å². The maximum atomic E-state index is 6.02. The second-order valence-corrected chi connectivity index (χ2v) is 8.32. The Hall–Kier alpha value is -3.50. The number of nitrogens with zero attached hydrogens (tertiary/aromatic N) is 2. The lowest BCUT2D eigenvalue weighted by molar-refractivity contribution is 0.324. The molecule has 0 radical (unpaired) electrons. The van der Waals surface area contributed by atoms with Crippen LogP contribution in [0, 0.1) is 0 Å². The zero-order chi connectivity index (χ0) is 22.0. The Labute approximate surface area is 187 Å². The third-order valence-electron chi connectivity index (χ3n) is 4.45. The highest BCUT2D eigenvalue weighted by Crippen LogP contribution is 2.43. The van der Waals surface area contributed by atoms with E-state index < -0.39 is 0 Å². The molecule has 2 heterocycles. The fraction of sp³-hybridized carbons (Fsp3) is 0.143. The normalized spacial score (nSPS) is 10.7. The standard InChI is InChI=1S/C21H21N5O3S2/c1-27-15-8-13(9-16(28-2)17(15)29-3)24-19-18(31-21(23)26-19)20-25-14(10-30-20)11-5-4-6-12(22)7-11/h4-10,24H,22H2,1-3H3,(H2,23,26). The molecule has 0 unspecified atom stereocenters. The molecule has 0 saturated heterocycles. The molecule has 160 valence electrons. The van der Waals surface area contributed by atoms with E-state index in [4.69, 9.17) is 30.7 Å². The van der Waals surface area contributed by atoms with Crippen molar-refractivity contribution in [2.75, 3.05) is 38.1 Å². The van der Waals surface area contributed by atoms with E-state index >= 15 is 0 Å². The van der Waals surface area contributed by atoms with Gasteiger partial charge < -0.3 is 31.0 Å². The molecule has 10 heteroatoms. The zero-order valence-electron chi connectivity index (χ0n) is 17.1. The highest BCUT2D eigenvalue weighted by molar-refractivity contribution is 7.23. The molecule has 31 heavy (non-hydrogen) atoms. The van der Waals surface area contributed by atoms with E-state index in [1.165, 1.54) is 22.7 Å². The average Bonchev–Trinajstić information content (AvgIpc) is 3.39. The van der Waals surface area contributed by atoms with Gasteiger partial charge >= 0.3 is 0 Å². The molecule has 0 aliphatic rings. The van der Waals surface area contributed by atoms with E-state index in [2.05, 4.69) is 10.3 Å². The molecule has 0 spiro atoms. The van der Waals surface area contributed by atoms with Crippen LogP contribution in [0.1, 0.15) is 0 Å². The molecule has 5 N–H and O–H groups in total. The van der Waals surface area contributed by atoms with Crippen molar-refractivity contribution in [1.29, 1.82) is 0 Å². The Morgan fingerprint density at radius 2 is 1.68 bits per heavy atom. The maximum absolute atomic E-state index is 6.02. The van der Waals surface area contributed by atoms with Crippen LogP contribution in [-0.4, -0.2) is 31.3 Å². The minimum atomic E-state index is 0.436. The summed E-state index contributed by atoms with van der Waals surface area (Å²) in [5.41, 5.74) is 15.1. The van der Waals surface area contributed by atoms with Gasteiger partial charge in [0, 0.05) is 34.5 Å². The van der Waals surface area contributed by atoms with Gasteiger partial charge in [0.05, 0.1) is 27.0 Å². The summed E-state index contributed by atoms with van der Waals surface area (Å²) in [7, 11) is 4.70. The van der Waals surface area contributed by atoms with Gasteiger partial charge in [0.1, 0.15) is 9.88 Å². The van der Waals surface area contributed by atoms with Crippen LogP contribution in [-0.2, 0) is 0 Å². The average molecular weight is 456 g/mol. The van der Waals surface area contributed by atoms with E-state index in [-0.39, 0.29) is 0 Å². The summed E-state index contributed by atoms with van der Waals surface area (Å²) in [5, 5.41) is 6.53. The number of rotatable bonds is 7. The highest BCUT2D eigenvalue weighted by Gasteiger charge is 2.19. The second-order valence-electron chi connectivity index (χ2n) is 6.43. The molecular formula is C21H21N5O3S2. The van der Waals surface area contributed by atoms with Crippen LogP contribution >= 0.6 is 22.7 Å². The number of nitrogens with one attached hydrogen (secondary N) is 1. The topological polar surface area (TPSA) is 118 Å². The monoisotopic (exact) mass is 455 g/mol. The maximum Gasteiger partial charge on any atom is 0.203 e. The van der Waals surface area contributed by atoms with Gasteiger partial charge in [-0.15, -0.1) is 11.3 Å². The molecule has 0 amide bonds. The van der Waals surface area contributed by atoms with Gasteiger partial charge in [0.25, 0.3) is 0 Å². The van der Waals surface area contributed by atoms with Gasteiger partial charge in [0.2, 0.25) is 5.75 Å². The molecule has 4 aromatic rings. The lowest BCUT2D eigenvalue weighted by atomic mass is 10.1. The molecule has 2 aromatic carbocycles. The summed E-state index contributed by atoms with van der Waals surface area (Å²) in [6.45, 7) is 0. The minimum absolute atomic E-state index is 0.436. The number of ether oxygens (including phenoxy) is 3. The van der Waals surface area contributed by atoms with Gasteiger partial charge in [-0.05, 0) is 12.1 Å². The first-order valence-electron chi connectivity index (χ1n) is 9.17. The first-order chi connectivity index (χ1) is 15.0. The molecular weight excluding hydrogens is 434 g/mol. The number of nitrogens with two attached hydrogens (primary N) is 2. The number of methoxy groups -OCH3 is 3. The van der Waals surface area contributed by atoms with Crippen molar-refractivity contribution in [3.05, 3.63) is 41.8 Å². The Morgan fingerprint density at radius 3 is 2.32 bits per heavy atom. The number of nitrogen functional groups attached to an aromatic ring is 2. The summed E-state index contributed by atoms with van der Waals surface area (Å²) in [6, 6.07) is 11.2. The van der Waals surface area contributed by atoms with Crippen molar-refractivity contribution >= 4 is 45.0 Å². The second kappa shape index (κ2) is 8.70. The lowest BCUT2D eigenvalue weighted by Crippen LogP contribution is -1.98. The van der Waals surface area contributed by atoms with Crippen LogP contribution in [0.25, 0.3) is 21.1 Å². The van der Waals surface area contributed by atoms with Crippen LogP contribution in [0.3, 0.4) is 0 Å². The summed E-state index contributed by atoms with van der Waals surface area (Å²) in [5.74, 6) is 2.19. The predicted molar refractivity (Wildman–Crippen MR) is 127 cm³/mol. The van der Waals surface area contributed by atoms with Crippen molar-refractivity contribution in [3.8, 4) is 38.4 Å². The van der Waals surface area contributed by atoms with E-state index in [1.54, 1.807) is 33.5 Å². The van der Waals surface area contributed by atoms with Crippen molar-refractivity contribution in [3.63, 3.8) is 0 Å². The number of aromatic nitrogens is 2. The Bertz CT molecular complexity index is 1200. The summed E-state index contributed by atoms with van der Waals surface area (Å²) < 4.78 is 16.2. The molecule has 0 atom stereocenters. The first-order valence-corrected chi connectivity index (χ1v) is 10.9. The fourth-order valence-electron chi connectivity index (χ4n) is 3.06.